The Morgan fingerprint density at radius 2 is 1.27 bits per heavy atom. The molecule has 32 nitrogen and oxygen atoms in total. The molecule has 0 aromatic rings. The summed E-state index contributed by atoms with van der Waals surface area (Å²) in [5.74, 6) is -0.212. The van der Waals surface area contributed by atoms with Gasteiger partial charge in [-0.15, -0.1) is 0 Å². The number of ether oxygens (including phenoxy) is 12. The van der Waals surface area contributed by atoms with Crippen LogP contribution in [0.15, 0.2) is 11.6 Å². The quantitative estimate of drug-likeness (QED) is 0.0336. The first-order valence-electron chi connectivity index (χ1n) is 31.8. The van der Waals surface area contributed by atoms with E-state index in [2.05, 4.69) is 24.1 Å². The molecule has 34 heteroatoms. The minimum Gasteiger partial charge on any atom is -0.458 e. The highest BCUT2D eigenvalue weighted by atomic mass is 32.3. The topological polar surface area (TPSA) is 474 Å². The van der Waals surface area contributed by atoms with Gasteiger partial charge in [0.05, 0.1) is 44.1 Å². The second kappa shape index (κ2) is 27.4. The Balaban J connectivity index is 0.926. The molecule has 0 radical (unpaired) electrons. The van der Waals surface area contributed by atoms with Gasteiger partial charge in [0.15, 0.2) is 31.5 Å². The number of methoxy groups -OCH3 is 1. The van der Waals surface area contributed by atoms with Crippen LogP contribution in [0.4, 0.5) is 0 Å². The number of Topliss-reactive ketones (excluding diaryl/α,β-unsaturated/α-hetero) is 1. The van der Waals surface area contributed by atoms with Gasteiger partial charge in [0.2, 0.25) is 0 Å². The van der Waals surface area contributed by atoms with Crippen molar-refractivity contribution in [2.75, 3.05) is 33.5 Å². The van der Waals surface area contributed by atoms with Gasteiger partial charge in [-0.1, -0.05) is 53.2 Å². The molecule has 6 saturated heterocycles. The Kier molecular flexibility index (Phi) is 21.6. The third-order valence-electron chi connectivity index (χ3n) is 22.2. The first-order chi connectivity index (χ1) is 43.3. The second-order valence-electron chi connectivity index (χ2n) is 28.7. The van der Waals surface area contributed by atoms with E-state index in [4.69, 9.17) is 61.0 Å². The Labute approximate surface area is 539 Å². The number of aliphatic hydroxyl groups excluding tert-OH is 10. The van der Waals surface area contributed by atoms with Crippen LogP contribution in [0, 0.1) is 45.3 Å². The Bertz CT molecular complexity index is 2920. The minimum absolute atomic E-state index is 0.0422. The van der Waals surface area contributed by atoms with Crippen LogP contribution in [0.1, 0.15) is 113 Å². The summed E-state index contributed by atoms with van der Waals surface area (Å²) in [7, 11) is -9.39. The molecular formula is C59H94O32S2. The number of esters is 1. The predicted molar refractivity (Wildman–Crippen MR) is 308 cm³/mol. The van der Waals surface area contributed by atoms with Gasteiger partial charge in [-0.05, 0) is 87.4 Å². The third kappa shape index (κ3) is 13.7. The van der Waals surface area contributed by atoms with E-state index in [-0.39, 0.29) is 47.3 Å². The van der Waals surface area contributed by atoms with Crippen LogP contribution in [-0.4, -0.2) is 275 Å². The van der Waals surface area contributed by atoms with Crippen molar-refractivity contribution < 1.29 is 152 Å². The molecule has 0 bridgehead atoms. The van der Waals surface area contributed by atoms with E-state index < -0.39 is 216 Å². The lowest BCUT2D eigenvalue weighted by Crippen LogP contribution is -2.68. The number of carbonyl (C=O) groups excluding carboxylic acids is 2. The van der Waals surface area contributed by atoms with Crippen LogP contribution in [0.2, 0.25) is 0 Å². The number of aliphatic hydroxyl groups is 10. The number of hydrogen-bond donors (Lipinski definition) is 12. The van der Waals surface area contributed by atoms with Gasteiger partial charge in [-0.3, -0.25) is 18.7 Å². The summed E-state index contributed by atoms with van der Waals surface area (Å²) in [6.45, 7) is 12.4. The molecule has 10 aliphatic rings. The molecule has 0 unspecified atom stereocenters. The summed E-state index contributed by atoms with van der Waals surface area (Å²) in [6.07, 6.45) is -37.2. The Morgan fingerprint density at radius 1 is 0.645 bits per heavy atom. The zero-order valence-corrected chi connectivity index (χ0v) is 54.9. The van der Waals surface area contributed by atoms with Gasteiger partial charge >= 0.3 is 26.8 Å². The molecule has 1 spiro atoms. The number of cyclic esters (lactones) is 1. The molecular weight excluding hydrogens is 1280 g/mol. The molecule has 0 aromatic carbocycles. The molecule has 3 saturated carbocycles. The van der Waals surface area contributed by atoms with E-state index >= 15 is 0 Å². The molecule has 4 aliphatic carbocycles. The smallest absolute Gasteiger partial charge is 0.397 e. The summed E-state index contributed by atoms with van der Waals surface area (Å²) in [5, 5.41) is 112. The zero-order chi connectivity index (χ0) is 68.2. The number of hydrogen-bond acceptors (Lipinski definition) is 30. The van der Waals surface area contributed by atoms with Crippen molar-refractivity contribution >= 4 is 32.6 Å². The van der Waals surface area contributed by atoms with Crippen molar-refractivity contribution in [3.05, 3.63) is 11.6 Å². The fraction of sp³-hybridized carbons (Fsp3) is 0.932. The highest BCUT2D eigenvalue weighted by Gasteiger charge is 2.76. The number of fused-ring (bicyclic) bond motifs is 4. The highest BCUT2D eigenvalue weighted by molar-refractivity contribution is 7.81. The van der Waals surface area contributed by atoms with Crippen molar-refractivity contribution in [3.63, 3.8) is 0 Å². The number of carbonyl (C=O) groups is 2. The first kappa shape index (κ1) is 73.5. The van der Waals surface area contributed by atoms with E-state index in [0.29, 0.717) is 38.5 Å². The molecule has 9 fully saturated rings. The van der Waals surface area contributed by atoms with E-state index in [1.165, 1.54) is 12.5 Å². The molecule has 10 rings (SSSR count). The maximum absolute atomic E-state index is 14.5. The molecule has 93 heavy (non-hydrogen) atoms. The van der Waals surface area contributed by atoms with Crippen LogP contribution < -0.4 is 0 Å². The molecule has 0 amide bonds. The number of rotatable bonds is 21. The first-order valence-corrected chi connectivity index (χ1v) is 34.5. The van der Waals surface area contributed by atoms with Gasteiger partial charge in [-0.25, -0.2) is 8.37 Å². The summed E-state index contributed by atoms with van der Waals surface area (Å²) in [5.41, 5.74) is -2.14. The standard InChI is InChI=1S/C59H94O32S2/c1-24(2)18-26(61)19-58(8)34-13-16-57(7)28-10-11-33-55(4,5)35(14-15-56(33,6)27(28)12-17-59(34,57)54(71)90-58)85-52-47(38(65)32(22-80-52)91-93(75,76)77)89-53-48(88-50-40(67)39(66)36(63)30(20-60)83-50)41(68)44(25(3)82-53)86-51-43(70)46(37(64)31(84-51)23-81-92(72,73)74)87-49-42(69)45(78-9)29(62)21-79-49/h10,24-25,27,29-53,60,62-70H,11-23H2,1-9H3,(H,72,73,74)(H,75,76,77)/t25-,27+,29-,30-,31-,32-,33+,34-,35+,36-,37-,38+,39+,40-,41+,42-,43-,44-,45+,46+,47-,48-,49+,50+,51+,52+,53+,56-,57+,58+,59-/m1/s1. The van der Waals surface area contributed by atoms with Crippen molar-refractivity contribution in [1.29, 1.82) is 0 Å². The maximum atomic E-state index is 14.5. The van der Waals surface area contributed by atoms with E-state index in [0.717, 1.165) is 20.0 Å². The molecule has 6 heterocycles. The SMILES string of the molecule is CO[C@@H]1[C@@H](O)[C@H](O[C@@H]2[C@@H](O)[C@H](O[C@H]3[C@H](O)[C@@H](O[C@@H]4O[C@H](CO)[C@@H](O)[C@H](O)[C@H]4O)[C@H](O[C@H]4[C@H](O[C@H]5CC[C@]6(C)[C@H]7CC[C@]89C(=O)O[C@@](C)(CC(=O)CC(C)C)[C@H]8CC[C@@]9(C)C7=CC[C@H]6C5(C)C)OC[C@@H](OS(=O)(=O)O)[C@@H]4O)O[C@@H]3C)O[C@H](COS(=O)(=O)O)[C@H]2O)OC[C@H]1O. The predicted octanol–water partition coefficient (Wildman–Crippen LogP) is -2.01. The van der Waals surface area contributed by atoms with Gasteiger partial charge < -0.3 is 108 Å². The largest absolute Gasteiger partial charge is 0.458 e. The Hall–Kier alpha value is -2.22. The summed E-state index contributed by atoms with van der Waals surface area (Å²) < 4.78 is 149. The zero-order valence-electron chi connectivity index (χ0n) is 53.3. The maximum Gasteiger partial charge on any atom is 0.397 e. The van der Waals surface area contributed by atoms with Crippen LogP contribution in [-0.2, 0) is 95.6 Å². The highest BCUT2D eigenvalue weighted by Crippen LogP contribution is 2.76. The van der Waals surface area contributed by atoms with Gasteiger partial charge in [0.25, 0.3) is 0 Å². The van der Waals surface area contributed by atoms with Crippen LogP contribution >= 0.6 is 0 Å². The average Bonchev–Trinajstić information content (AvgIpc) is 1.54. The lowest BCUT2D eigenvalue weighted by molar-refractivity contribution is -0.405. The van der Waals surface area contributed by atoms with Crippen molar-refractivity contribution in [2.45, 2.75) is 266 Å². The van der Waals surface area contributed by atoms with Gasteiger partial charge in [-0.2, -0.15) is 16.8 Å². The van der Waals surface area contributed by atoms with E-state index in [1.54, 1.807) is 0 Å². The van der Waals surface area contributed by atoms with Crippen LogP contribution in [0.5, 0.6) is 0 Å². The normalized spacial score (nSPS) is 49.2. The molecule has 6 aliphatic heterocycles. The molecule has 31 atom stereocenters. The van der Waals surface area contributed by atoms with E-state index in [1.807, 2.05) is 34.6 Å². The third-order valence-corrected chi connectivity index (χ3v) is 23.2. The lowest BCUT2D eigenvalue weighted by atomic mass is 9.41. The fourth-order valence-corrected chi connectivity index (χ4v) is 18.5. The fourth-order valence-electron chi connectivity index (χ4n) is 17.7. The summed E-state index contributed by atoms with van der Waals surface area (Å²) in [4.78, 5) is 27.9. The molecule has 0 aromatic heterocycles. The minimum atomic E-state index is -5.32. The van der Waals surface area contributed by atoms with Crippen LogP contribution in [0.25, 0.3) is 0 Å². The summed E-state index contributed by atoms with van der Waals surface area (Å²) in [6, 6.07) is 0. The molecule has 12 N–H and O–H groups in total. The monoisotopic (exact) mass is 1380 g/mol. The van der Waals surface area contributed by atoms with Gasteiger partial charge in [0.1, 0.15) is 115 Å². The van der Waals surface area contributed by atoms with E-state index in [9.17, 15) is 86.6 Å². The summed E-state index contributed by atoms with van der Waals surface area (Å²) >= 11 is 0. The van der Waals surface area contributed by atoms with Crippen LogP contribution in [0.3, 0.4) is 0 Å². The second-order valence-corrected chi connectivity index (χ2v) is 30.8. The van der Waals surface area contributed by atoms with Crippen molar-refractivity contribution in [2.24, 2.45) is 45.3 Å². The number of allylic oxidation sites excluding steroid dienone is 2. The number of ketones is 1. The Morgan fingerprint density at radius 3 is 1.92 bits per heavy atom. The lowest BCUT2D eigenvalue weighted by Gasteiger charge is -2.64. The molecule has 534 valence electrons. The van der Waals surface area contributed by atoms with Gasteiger partial charge in [0, 0.05) is 31.3 Å². The average molecular weight is 1380 g/mol. The van der Waals surface area contributed by atoms with Crippen molar-refractivity contribution in [3.8, 4) is 0 Å². The van der Waals surface area contributed by atoms with Crippen molar-refractivity contribution in [1.82, 2.24) is 0 Å².